The number of ether oxygens (including phenoxy) is 1. The Morgan fingerprint density at radius 2 is 1.93 bits per heavy atom. The lowest BCUT2D eigenvalue weighted by Gasteiger charge is -2.13. The van der Waals surface area contributed by atoms with E-state index in [0.717, 1.165) is 37.0 Å². The van der Waals surface area contributed by atoms with Gasteiger partial charge >= 0.3 is 0 Å². The van der Waals surface area contributed by atoms with Gasteiger partial charge in [0, 0.05) is 33.1 Å². The van der Waals surface area contributed by atoms with Crippen LogP contribution in [0.5, 0.6) is 5.75 Å². The highest BCUT2D eigenvalue weighted by molar-refractivity contribution is 14.0. The summed E-state index contributed by atoms with van der Waals surface area (Å²) >= 11 is 0. The topological polar surface area (TPSA) is 76.4 Å². The van der Waals surface area contributed by atoms with Crippen molar-refractivity contribution in [2.75, 3.05) is 20.7 Å². The van der Waals surface area contributed by atoms with Gasteiger partial charge in [-0.05, 0) is 34.5 Å². The Hall–Kier alpha value is -2.36. The molecular formula is C20H27IN6O. The van der Waals surface area contributed by atoms with Gasteiger partial charge in [0.25, 0.3) is 0 Å². The van der Waals surface area contributed by atoms with Crippen LogP contribution in [0.2, 0.25) is 0 Å². The minimum absolute atomic E-state index is 0. The molecule has 0 fully saturated rings. The average molecular weight is 494 g/mol. The Labute approximate surface area is 182 Å². The lowest BCUT2D eigenvalue weighted by atomic mass is 10.1. The van der Waals surface area contributed by atoms with Crippen LogP contribution in [0, 0.1) is 0 Å². The number of halogens is 1. The van der Waals surface area contributed by atoms with Gasteiger partial charge in [-0.2, -0.15) is 0 Å². The number of rotatable bonds is 7. The smallest absolute Gasteiger partial charge is 0.191 e. The molecule has 0 aliphatic carbocycles. The summed E-state index contributed by atoms with van der Waals surface area (Å²) in [6.07, 6.45) is 2.64. The molecule has 1 heterocycles. The maximum absolute atomic E-state index is 5.28. The van der Waals surface area contributed by atoms with Crippen LogP contribution in [0.25, 0.3) is 10.8 Å². The zero-order valence-electron chi connectivity index (χ0n) is 16.5. The van der Waals surface area contributed by atoms with Crippen molar-refractivity contribution in [2.24, 2.45) is 4.99 Å². The van der Waals surface area contributed by atoms with E-state index >= 15 is 0 Å². The molecule has 2 N–H and O–H groups in total. The van der Waals surface area contributed by atoms with E-state index in [2.05, 4.69) is 61.6 Å². The summed E-state index contributed by atoms with van der Waals surface area (Å²) in [4.78, 5) is 4.29. The molecule has 0 saturated carbocycles. The summed E-state index contributed by atoms with van der Waals surface area (Å²) in [5, 5.41) is 17.1. The molecule has 3 rings (SSSR count). The number of aromatic nitrogens is 3. The van der Waals surface area contributed by atoms with Crippen molar-refractivity contribution in [3.8, 4) is 5.75 Å². The fraction of sp³-hybridized carbons (Fsp3) is 0.350. The van der Waals surface area contributed by atoms with Crippen molar-refractivity contribution < 1.29 is 4.74 Å². The molecule has 0 aliphatic heterocycles. The van der Waals surface area contributed by atoms with Crippen LogP contribution in [0.3, 0.4) is 0 Å². The molecule has 0 radical (unpaired) electrons. The third-order valence-electron chi connectivity index (χ3n) is 4.45. The fourth-order valence-corrected chi connectivity index (χ4v) is 2.95. The molecule has 0 aliphatic rings. The molecule has 7 nitrogen and oxygen atoms in total. The number of nitrogens with zero attached hydrogens (tertiary/aromatic N) is 4. The third kappa shape index (κ3) is 5.57. The van der Waals surface area contributed by atoms with Gasteiger partial charge in [0.1, 0.15) is 17.9 Å². The minimum Gasteiger partial charge on any atom is -0.497 e. The van der Waals surface area contributed by atoms with Gasteiger partial charge in [0.15, 0.2) is 5.96 Å². The van der Waals surface area contributed by atoms with Crippen LogP contribution < -0.4 is 15.4 Å². The Morgan fingerprint density at radius 1 is 1.14 bits per heavy atom. The molecule has 0 spiro atoms. The van der Waals surface area contributed by atoms with Crippen molar-refractivity contribution >= 4 is 40.7 Å². The summed E-state index contributed by atoms with van der Waals surface area (Å²) in [6.45, 7) is 4.33. The quantitative estimate of drug-likeness (QED) is 0.300. The molecule has 0 bridgehead atoms. The van der Waals surface area contributed by atoms with Crippen molar-refractivity contribution in [3.63, 3.8) is 0 Å². The molecule has 150 valence electrons. The van der Waals surface area contributed by atoms with E-state index in [9.17, 15) is 0 Å². The molecule has 0 saturated heterocycles. The number of methoxy groups -OCH3 is 1. The average Bonchev–Trinajstić information content (AvgIpc) is 3.17. The Morgan fingerprint density at radius 3 is 2.68 bits per heavy atom. The highest BCUT2D eigenvalue weighted by atomic mass is 127. The van der Waals surface area contributed by atoms with E-state index < -0.39 is 0 Å². The summed E-state index contributed by atoms with van der Waals surface area (Å²) < 4.78 is 7.33. The molecule has 2 aromatic carbocycles. The number of nitrogens with one attached hydrogen (secondary N) is 2. The number of guanidine groups is 1. The number of hydrogen-bond acceptors (Lipinski definition) is 4. The lowest BCUT2D eigenvalue weighted by Crippen LogP contribution is -2.38. The van der Waals surface area contributed by atoms with Gasteiger partial charge in [0.2, 0.25) is 0 Å². The van der Waals surface area contributed by atoms with E-state index in [1.165, 1.54) is 16.3 Å². The molecule has 28 heavy (non-hydrogen) atoms. The van der Waals surface area contributed by atoms with Gasteiger partial charge in [-0.15, -0.1) is 34.2 Å². The van der Waals surface area contributed by atoms with Crippen LogP contribution >= 0.6 is 24.0 Å². The van der Waals surface area contributed by atoms with Crippen molar-refractivity contribution in [1.82, 2.24) is 25.4 Å². The first-order chi connectivity index (χ1) is 13.2. The number of benzene rings is 2. The van der Waals surface area contributed by atoms with Crippen molar-refractivity contribution in [2.45, 2.75) is 26.4 Å². The molecule has 3 aromatic rings. The fourth-order valence-electron chi connectivity index (χ4n) is 2.95. The zero-order valence-corrected chi connectivity index (χ0v) is 18.8. The largest absolute Gasteiger partial charge is 0.497 e. The molecule has 0 atom stereocenters. The lowest BCUT2D eigenvalue weighted by molar-refractivity contribution is 0.415. The summed E-state index contributed by atoms with van der Waals surface area (Å²) in [5.41, 5.74) is 1.20. The number of fused-ring (bicyclic) bond motifs is 1. The van der Waals surface area contributed by atoms with E-state index in [1.807, 2.05) is 12.1 Å². The second kappa shape index (κ2) is 10.8. The van der Waals surface area contributed by atoms with E-state index in [4.69, 9.17) is 4.74 Å². The molecule has 0 amide bonds. The second-order valence-electron chi connectivity index (χ2n) is 6.19. The maximum atomic E-state index is 5.28. The first-order valence-corrected chi connectivity index (χ1v) is 9.11. The van der Waals surface area contributed by atoms with Crippen LogP contribution in [0.1, 0.15) is 18.3 Å². The number of aliphatic imine (C=N–C) groups is 1. The van der Waals surface area contributed by atoms with Gasteiger partial charge in [0.05, 0.1) is 7.11 Å². The Balaban J connectivity index is 0.00000280. The van der Waals surface area contributed by atoms with E-state index in [0.29, 0.717) is 6.54 Å². The highest BCUT2D eigenvalue weighted by Crippen LogP contribution is 2.21. The van der Waals surface area contributed by atoms with Crippen LogP contribution in [-0.2, 0) is 19.5 Å². The summed E-state index contributed by atoms with van der Waals surface area (Å²) in [7, 11) is 3.46. The predicted molar refractivity (Wildman–Crippen MR) is 124 cm³/mol. The first kappa shape index (κ1) is 21.9. The number of hydrogen-bond donors (Lipinski definition) is 2. The van der Waals surface area contributed by atoms with Crippen LogP contribution in [0.15, 0.2) is 47.7 Å². The normalized spacial score (nSPS) is 11.2. The maximum Gasteiger partial charge on any atom is 0.191 e. The molecular weight excluding hydrogens is 467 g/mol. The Bertz CT molecular complexity index is 924. The number of aryl methyl sites for hydroxylation is 1. The monoisotopic (exact) mass is 494 g/mol. The SMILES string of the molecule is CCc1nncn1CCNC(=NC)NCc1ccc2cc(OC)ccc2c1.I. The molecule has 1 aromatic heterocycles. The van der Waals surface area contributed by atoms with Crippen LogP contribution in [0.4, 0.5) is 0 Å². The van der Waals surface area contributed by atoms with E-state index in [-0.39, 0.29) is 24.0 Å². The van der Waals surface area contributed by atoms with Gasteiger partial charge in [-0.3, -0.25) is 4.99 Å². The first-order valence-electron chi connectivity index (χ1n) is 9.11. The van der Waals surface area contributed by atoms with Gasteiger partial charge in [-0.25, -0.2) is 0 Å². The van der Waals surface area contributed by atoms with Crippen molar-refractivity contribution in [1.29, 1.82) is 0 Å². The third-order valence-corrected chi connectivity index (χ3v) is 4.45. The van der Waals surface area contributed by atoms with Gasteiger partial charge in [-0.1, -0.05) is 25.1 Å². The summed E-state index contributed by atoms with van der Waals surface area (Å²) in [5.74, 6) is 2.64. The minimum atomic E-state index is 0. The summed E-state index contributed by atoms with van der Waals surface area (Å²) in [6, 6.07) is 12.5. The standard InChI is InChI=1S/C20H26N6O.HI/c1-4-19-25-24-14-26(19)10-9-22-20(21-2)23-13-15-5-6-17-12-18(27-3)8-7-16(17)11-15;/h5-8,11-12,14H,4,9-10,13H2,1-3H3,(H2,21,22,23);1H. The molecule has 0 unspecified atom stereocenters. The highest BCUT2D eigenvalue weighted by Gasteiger charge is 2.03. The second-order valence-corrected chi connectivity index (χ2v) is 6.19. The van der Waals surface area contributed by atoms with E-state index in [1.54, 1.807) is 20.5 Å². The van der Waals surface area contributed by atoms with Crippen LogP contribution in [-0.4, -0.2) is 41.4 Å². The zero-order chi connectivity index (χ0) is 19.1. The van der Waals surface area contributed by atoms with Gasteiger partial charge < -0.3 is 19.9 Å². The molecule has 8 heteroatoms. The predicted octanol–water partition coefficient (Wildman–Crippen LogP) is 2.99. The van der Waals surface area contributed by atoms with Crippen molar-refractivity contribution in [3.05, 3.63) is 54.1 Å². The Kier molecular flexibility index (Phi) is 8.49.